The van der Waals surface area contributed by atoms with Gasteiger partial charge in [-0.05, 0) is 37.5 Å². The summed E-state index contributed by atoms with van der Waals surface area (Å²) >= 11 is 0. The molecule has 2 aliphatic rings. The van der Waals surface area contributed by atoms with Crippen molar-refractivity contribution < 1.29 is 9.34 Å². The number of fused-ring (bicyclic) bond motifs is 1. The van der Waals surface area contributed by atoms with Crippen LogP contribution in [0.25, 0.3) is 11.3 Å². The first kappa shape index (κ1) is 20.3. The maximum Gasteiger partial charge on any atom is 0.280 e. The van der Waals surface area contributed by atoms with E-state index < -0.39 is 4.92 Å². The molecule has 0 spiro atoms. The Balaban J connectivity index is 1.33. The van der Waals surface area contributed by atoms with Gasteiger partial charge in [0.25, 0.3) is 11.2 Å². The van der Waals surface area contributed by atoms with Gasteiger partial charge < -0.3 is 9.40 Å². The van der Waals surface area contributed by atoms with Crippen molar-refractivity contribution in [1.82, 2.24) is 14.9 Å². The largest absolute Gasteiger partial charge is 0.459 e. The summed E-state index contributed by atoms with van der Waals surface area (Å²) in [4.78, 5) is 37.9. The quantitative estimate of drug-likeness (QED) is 0.486. The van der Waals surface area contributed by atoms with Crippen molar-refractivity contribution in [3.05, 3.63) is 79.7 Å². The molecule has 0 fully saturated rings. The Morgan fingerprint density at radius 3 is 2.84 bits per heavy atom. The number of aromatic amines is 1. The fraction of sp³-hybridized carbons (Fsp3) is 0.348. The summed E-state index contributed by atoms with van der Waals surface area (Å²) in [5.74, 6) is 1.77. The zero-order valence-electron chi connectivity index (χ0n) is 17.5. The van der Waals surface area contributed by atoms with Crippen LogP contribution < -0.4 is 5.56 Å². The first-order chi connectivity index (χ1) is 15.6. The van der Waals surface area contributed by atoms with Crippen LogP contribution in [0.2, 0.25) is 0 Å². The van der Waals surface area contributed by atoms with Gasteiger partial charge in [0.2, 0.25) is 0 Å². The standard InChI is InChI=1S/C23H23N5O4/c29-23-17-14-27(12-10-18(17)25-22(26-23)19-6-3-4-11-24-19)13-15-8-9-21(32-15)16-5-1-2-7-20(16)28(30)31/h1-2,5,7-9H,3-4,6,10-14H2,(H,25,26,29). The number of H-pyrrole nitrogens is 1. The van der Waals surface area contributed by atoms with Gasteiger partial charge in [0, 0.05) is 32.1 Å². The van der Waals surface area contributed by atoms with Gasteiger partial charge in [-0.25, -0.2) is 4.98 Å². The fourth-order valence-corrected chi connectivity index (χ4v) is 4.31. The van der Waals surface area contributed by atoms with Crippen molar-refractivity contribution >= 4 is 11.4 Å². The van der Waals surface area contributed by atoms with Crippen LogP contribution in [-0.4, -0.2) is 38.6 Å². The van der Waals surface area contributed by atoms with Crippen molar-refractivity contribution in [2.24, 2.45) is 4.99 Å². The lowest BCUT2D eigenvalue weighted by Crippen LogP contribution is -2.36. The zero-order chi connectivity index (χ0) is 22.1. The highest BCUT2D eigenvalue weighted by Gasteiger charge is 2.24. The number of nitrogens with one attached hydrogen (secondary N) is 1. The lowest BCUT2D eigenvalue weighted by Gasteiger charge is -2.27. The number of aliphatic imine (C=N–C) groups is 1. The van der Waals surface area contributed by atoms with Crippen LogP contribution in [-0.2, 0) is 19.5 Å². The SMILES string of the molecule is O=c1[nH]c(C2=NCCCC2)nc2c1CN(Cc1ccc(-c3ccccc3[N+](=O)[O-])o1)CC2. The number of para-hydroxylation sites is 1. The fourth-order valence-electron chi connectivity index (χ4n) is 4.31. The van der Waals surface area contributed by atoms with E-state index in [1.807, 2.05) is 6.07 Å². The van der Waals surface area contributed by atoms with E-state index in [1.165, 1.54) is 6.07 Å². The molecule has 0 radical (unpaired) electrons. The number of nitro groups is 1. The number of hydrogen-bond acceptors (Lipinski definition) is 7. The Hall–Kier alpha value is -3.59. The molecule has 2 aromatic heterocycles. The van der Waals surface area contributed by atoms with Crippen LogP contribution in [0.1, 0.15) is 42.1 Å². The van der Waals surface area contributed by atoms with Crippen LogP contribution in [0, 0.1) is 10.1 Å². The van der Waals surface area contributed by atoms with E-state index in [0.717, 1.165) is 43.8 Å². The minimum absolute atomic E-state index is 0.0104. The molecule has 9 nitrogen and oxygen atoms in total. The molecule has 32 heavy (non-hydrogen) atoms. The third-order valence-electron chi connectivity index (χ3n) is 5.95. The molecule has 0 unspecified atom stereocenters. The summed E-state index contributed by atoms with van der Waals surface area (Å²) in [6, 6.07) is 10.1. The number of rotatable bonds is 5. The Labute approximate surface area is 184 Å². The monoisotopic (exact) mass is 433 g/mol. The molecule has 0 atom stereocenters. The molecule has 9 heteroatoms. The topological polar surface area (TPSA) is 118 Å². The smallest absolute Gasteiger partial charge is 0.280 e. The third-order valence-corrected chi connectivity index (χ3v) is 5.95. The molecule has 5 rings (SSSR count). The van der Waals surface area contributed by atoms with Gasteiger partial charge >= 0.3 is 0 Å². The van der Waals surface area contributed by atoms with Gasteiger partial charge in [-0.3, -0.25) is 24.8 Å². The predicted octanol–water partition coefficient (Wildman–Crippen LogP) is 3.47. The molecule has 3 aromatic rings. The van der Waals surface area contributed by atoms with Crippen LogP contribution in [0.3, 0.4) is 0 Å². The lowest BCUT2D eigenvalue weighted by atomic mass is 10.1. The highest BCUT2D eigenvalue weighted by atomic mass is 16.6. The molecule has 2 aliphatic heterocycles. The molecule has 0 aliphatic carbocycles. The molecular formula is C23H23N5O4. The Kier molecular flexibility index (Phi) is 5.40. The van der Waals surface area contributed by atoms with E-state index in [9.17, 15) is 14.9 Å². The summed E-state index contributed by atoms with van der Waals surface area (Å²) in [6.45, 7) is 2.53. The molecule has 0 amide bonds. The molecule has 1 aromatic carbocycles. The molecule has 0 bridgehead atoms. The number of nitro benzene ring substituents is 1. The lowest BCUT2D eigenvalue weighted by molar-refractivity contribution is -0.384. The number of aromatic nitrogens is 2. The van der Waals surface area contributed by atoms with Crippen LogP contribution in [0.4, 0.5) is 5.69 Å². The molecule has 164 valence electrons. The number of hydrogen-bond donors (Lipinski definition) is 1. The second kappa shape index (κ2) is 8.51. The molecule has 4 heterocycles. The van der Waals surface area contributed by atoms with Gasteiger partial charge in [-0.1, -0.05) is 12.1 Å². The third kappa shape index (κ3) is 3.99. The highest BCUT2D eigenvalue weighted by molar-refractivity contribution is 5.97. The second-order valence-corrected chi connectivity index (χ2v) is 8.13. The van der Waals surface area contributed by atoms with E-state index in [-0.39, 0.29) is 11.2 Å². The normalized spacial score (nSPS) is 16.4. The van der Waals surface area contributed by atoms with E-state index in [1.54, 1.807) is 24.3 Å². The van der Waals surface area contributed by atoms with Crippen molar-refractivity contribution in [3.8, 4) is 11.3 Å². The van der Waals surface area contributed by atoms with E-state index in [4.69, 9.17) is 9.40 Å². The second-order valence-electron chi connectivity index (χ2n) is 8.13. The highest BCUT2D eigenvalue weighted by Crippen LogP contribution is 2.31. The van der Waals surface area contributed by atoms with Crippen molar-refractivity contribution in [2.75, 3.05) is 13.1 Å². The molecule has 0 saturated heterocycles. The van der Waals surface area contributed by atoms with Crippen LogP contribution in [0.15, 0.2) is 50.6 Å². The van der Waals surface area contributed by atoms with E-state index in [0.29, 0.717) is 48.0 Å². The summed E-state index contributed by atoms with van der Waals surface area (Å²) in [6.07, 6.45) is 3.69. The van der Waals surface area contributed by atoms with Gasteiger partial charge in [0.05, 0.1) is 34.0 Å². The first-order valence-electron chi connectivity index (χ1n) is 10.8. The summed E-state index contributed by atoms with van der Waals surface area (Å²) in [5, 5.41) is 11.3. The summed E-state index contributed by atoms with van der Waals surface area (Å²) < 4.78 is 5.92. The predicted molar refractivity (Wildman–Crippen MR) is 119 cm³/mol. The molecule has 1 N–H and O–H groups in total. The van der Waals surface area contributed by atoms with Gasteiger partial charge in [-0.2, -0.15) is 0 Å². The Bertz CT molecular complexity index is 1260. The minimum atomic E-state index is -0.411. The van der Waals surface area contributed by atoms with Gasteiger partial charge in [-0.15, -0.1) is 0 Å². The Morgan fingerprint density at radius 1 is 1.16 bits per heavy atom. The van der Waals surface area contributed by atoms with Crippen LogP contribution in [0.5, 0.6) is 0 Å². The Morgan fingerprint density at radius 2 is 2.03 bits per heavy atom. The van der Waals surface area contributed by atoms with Gasteiger partial charge in [0.15, 0.2) is 5.82 Å². The maximum atomic E-state index is 12.8. The van der Waals surface area contributed by atoms with Crippen molar-refractivity contribution in [1.29, 1.82) is 0 Å². The minimum Gasteiger partial charge on any atom is -0.459 e. The molecular weight excluding hydrogens is 410 g/mol. The average molecular weight is 433 g/mol. The number of benzene rings is 1. The molecule has 0 saturated carbocycles. The van der Waals surface area contributed by atoms with Crippen molar-refractivity contribution in [3.63, 3.8) is 0 Å². The summed E-state index contributed by atoms with van der Waals surface area (Å²) in [5.41, 5.74) is 2.78. The number of furan rings is 1. The van der Waals surface area contributed by atoms with E-state index >= 15 is 0 Å². The van der Waals surface area contributed by atoms with E-state index in [2.05, 4.69) is 14.9 Å². The van der Waals surface area contributed by atoms with Crippen LogP contribution >= 0.6 is 0 Å². The number of nitrogens with zero attached hydrogens (tertiary/aromatic N) is 4. The summed E-state index contributed by atoms with van der Waals surface area (Å²) in [7, 11) is 0. The average Bonchev–Trinajstić information content (AvgIpc) is 3.28. The maximum absolute atomic E-state index is 12.8. The zero-order valence-corrected chi connectivity index (χ0v) is 17.5. The van der Waals surface area contributed by atoms with Gasteiger partial charge in [0.1, 0.15) is 11.5 Å². The first-order valence-corrected chi connectivity index (χ1v) is 10.8. The van der Waals surface area contributed by atoms with Crippen molar-refractivity contribution in [2.45, 2.75) is 38.8 Å².